The minimum Gasteiger partial charge on any atom is -0.348 e. The zero-order valence-corrected chi connectivity index (χ0v) is 22.5. The monoisotopic (exact) mass is 504 g/mol. The van der Waals surface area contributed by atoms with Crippen LogP contribution in [0.2, 0.25) is 0 Å². The van der Waals surface area contributed by atoms with E-state index in [4.69, 9.17) is 0 Å². The predicted molar refractivity (Wildman–Crippen MR) is 136 cm³/mol. The predicted octanol–water partition coefficient (Wildman–Crippen LogP) is 1.89. The van der Waals surface area contributed by atoms with Crippen LogP contribution >= 0.6 is 0 Å². The Morgan fingerprint density at radius 2 is 1.74 bits per heavy atom. The Morgan fingerprint density at radius 3 is 2.31 bits per heavy atom. The van der Waals surface area contributed by atoms with Crippen LogP contribution in [0.15, 0.2) is 29.2 Å². The van der Waals surface area contributed by atoms with Crippen molar-refractivity contribution in [1.29, 1.82) is 0 Å². The summed E-state index contributed by atoms with van der Waals surface area (Å²) in [5, 5.41) is 3.30. The lowest BCUT2D eigenvalue weighted by Gasteiger charge is -2.41. The molecule has 0 bridgehead atoms. The summed E-state index contributed by atoms with van der Waals surface area (Å²) >= 11 is 0. The number of carbonyl (C=O) groups excluding carboxylic acids is 2. The Morgan fingerprint density at radius 1 is 1.11 bits per heavy atom. The van der Waals surface area contributed by atoms with E-state index in [0.717, 1.165) is 44.6 Å². The highest BCUT2D eigenvalue weighted by molar-refractivity contribution is 7.90. The van der Waals surface area contributed by atoms with Crippen molar-refractivity contribution in [3.05, 3.63) is 29.8 Å². The Balaban J connectivity index is 1.36. The third-order valence-electron chi connectivity index (χ3n) is 7.70. The van der Waals surface area contributed by atoms with Gasteiger partial charge in [0.05, 0.1) is 16.9 Å². The van der Waals surface area contributed by atoms with Gasteiger partial charge in [-0.3, -0.25) is 14.5 Å². The summed E-state index contributed by atoms with van der Waals surface area (Å²) in [6.07, 6.45) is 3.74. The summed E-state index contributed by atoms with van der Waals surface area (Å²) in [7, 11) is -1.11. The first-order chi connectivity index (χ1) is 16.2. The molecule has 2 amide bonds. The van der Waals surface area contributed by atoms with Crippen LogP contribution in [0.3, 0.4) is 0 Å². The van der Waals surface area contributed by atoms with Gasteiger partial charge in [0.1, 0.15) is 6.04 Å². The number of likely N-dealkylation sites (N-methyl/N-ethyl adjacent to an activating group) is 1. The van der Waals surface area contributed by atoms with Crippen molar-refractivity contribution in [3.8, 4) is 0 Å². The van der Waals surface area contributed by atoms with E-state index in [0.29, 0.717) is 24.3 Å². The lowest BCUT2D eigenvalue weighted by molar-refractivity contribution is -0.135. The van der Waals surface area contributed by atoms with Crippen LogP contribution in [0, 0.1) is 5.41 Å². The van der Waals surface area contributed by atoms with Crippen LogP contribution in [0.5, 0.6) is 0 Å². The number of fused-ring (bicyclic) bond motifs is 1. The Bertz CT molecular complexity index is 1030. The molecule has 3 aliphatic heterocycles. The largest absolute Gasteiger partial charge is 0.348 e. The van der Waals surface area contributed by atoms with E-state index in [1.54, 1.807) is 12.1 Å². The number of benzene rings is 1. The van der Waals surface area contributed by atoms with Gasteiger partial charge < -0.3 is 15.1 Å². The topological polar surface area (TPSA) is 90.0 Å². The van der Waals surface area contributed by atoms with E-state index in [2.05, 4.69) is 42.9 Å². The molecule has 0 saturated carbocycles. The van der Waals surface area contributed by atoms with E-state index in [1.807, 2.05) is 17.0 Å². The van der Waals surface area contributed by atoms with Crippen molar-refractivity contribution in [2.75, 3.05) is 39.5 Å². The maximum atomic E-state index is 13.3. The molecular weight excluding hydrogens is 464 g/mol. The summed E-state index contributed by atoms with van der Waals surface area (Å²) in [6.45, 7) is 10.4. The lowest BCUT2D eigenvalue weighted by atomic mass is 9.84. The molecule has 3 heterocycles. The molecular formula is C26H40N4O4S. The van der Waals surface area contributed by atoms with E-state index in [9.17, 15) is 18.0 Å². The van der Waals surface area contributed by atoms with Crippen molar-refractivity contribution in [2.45, 2.75) is 75.5 Å². The summed E-state index contributed by atoms with van der Waals surface area (Å²) < 4.78 is 23.4. The second-order valence-electron chi connectivity index (χ2n) is 12.1. The Hall–Kier alpha value is -1.97. The van der Waals surface area contributed by atoms with Gasteiger partial charge in [0.15, 0.2) is 9.84 Å². The van der Waals surface area contributed by atoms with Gasteiger partial charge in [-0.05, 0) is 49.4 Å². The highest BCUT2D eigenvalue weighted by Gasteiger charge is 2.49. The summed E-state index contributed by atoms with van der Waals surface area (Å²) in [5.74, 6) is 0.0807. The molecule has 4 rings (SSSR count). The summed E-state index contributed by atoms with van der Waals surface area (Å²) in [5.41, 5.74) is 0.747. The average molecular weight is 505 g/mol. The van der Waals surface area contributed by atoms with Crippen molar-refractivity contribution >= 4 is 21.7 Å². The van der Waals surface area contributed by atoms with Crippen LogP contribution in [0.25, 0.3) is 0 Å². The van der Waals surface area contributed by atoms with Crippen LogP contribution in [0.4, 0.5) is 0 Å². The average Bonchev–Trinajstić information content (AvgIpc) is 3.17. The molecule has 3 saturated heterocycles. The fraction of sp³-hybridized carbons (Fsp3) is 0.692. The molecule has 194 valence electrons. The Kier molecular flexibility index (Phi) is 7.07. The smallest absolute Gasteiger partial charge is 0.243 e. The standard InChI is InChI=1S/C26H40N4O4S/c1-25(2,3)18-28(4)20-14-22-24(32)27-26(15-23(31)30(22)17-20)10-12-29(13-11-26)16-19-6-8-21(9-7-19)35(5,33)34/h6-9,20,22H,10-18H2,1-5H3,(H,27,32)/t20-,22-/m0/s1. The first-order valence-electron chi connectivity index (χ1n) is 12.6. The second-order valence-corrected chi connectivity index (χ2v) is 14.1. The van der Waals surface area contributed by atoms with Crippen LogP contribution in [-0.4, -0.2) is 92.0 Å². The fourth-order valence-corrected chi connectivity index (χ4v) is 6.49. The Labute approximate surface area is 209 Å². The van der Waals surface area contributed by atoms with E-state index in [-0.39, 0.29) is 29.3 Å². The van der Waals surface area contributed by atoms with Gasteiger partial charge in [0, 0.05) is 45.0 Å². The molecule has 8 nitrogen and oxygen atoms in total. The van der Waals surface area contributed by atoms with Gasteiger partial charge in [-0.25, -0.2) is 8.42 Å². The van der Waals surface area contributed by atoms with Gasteiger partial charge in [-0.2, -0.15) is 0 Å². The van der Waals surface area contributed by atoms with Gasteiger partial charge in [0.25, 0.3) is 0 Å². The summed E-state index contributed by atoms with van der Waals surface area (Å²) in [6, 6.07) is 6.86. The maximum absolute atomic E-state index is 13.3. The maximum Gasteiger partial charge on any atom is 0.243 e. The van der Waals surface area contributed by atoms with Gasteiger partial charge >= 0.3 is 0 Å². The number of nitrogens with one attached hydrogen (secondary N) is 1. The van der Waals surface area contributed by atoms with Crippen LogP contribution < -0.4 is 5.32 Å². The molecule has 9 heteroatoms. The lowest BCUT2D eigenvalue weighted by Crippen LogP contribution is -2.56. The molecule has 0 unspecified atom stereocenters. The normalized spacial score (nSPS) is 25.6. The van der Waals surface area contributed by atoms with Crippen molar-refractivity contribution in [1.82, 2.24) is 20.0 Å². The molecule has 3 fully saturated rings. The molecule has 0 radical (unpaired) electrons. The molecule has 1 aromatic rings. The third kappa shape index (κ3) is 6.06. The molecule has 3 aliphatic rings. The summed E-state index contributed by atoms with van der Waals surface area (Å²) in [4.78, 5) is 33.3. The number of nitrogens with zero attached hydrogens (tertiary/aromatic N) is 3. The quantitative estimate of drug-likeness (QED) is 0.659. The number of hydrogen-bond acceptors (Lipinski definition) is 6. The van der Waals surface area contributed by atoms with Gasteiger partial charge in [0.2, 0.25) is 11.8 Å². The number of carbonyl (C=O) groups is 2. The van der Waals surface area contributed by atoms with Crippen molar-refractivity contribution in [2.24, 2.45) is 5.41 Å². The number of rotatable bonds is 5. The van der Waals surface area contributed by atoms with E-state index >= 15 is 0 Å². The van der Waals surface area contributed by atoms with Crippen LogP contribution in [-0.2, 0) is 26.0 Å². The zero-order valence-electron chi connectivity index (χ0n) is 21.7. The fourth-order valence-electron chi connectivity index (χ4n) is 5.86. The first-order valence-corrected chi connectivity index (χ1v) is 14.5. The zero-order chi connectivity index (χ0) is 25.6. The molecule has 1 spiro atoms. The first kappa shape index (κ1) is 26.1. The number of amides is 2. The van der Waals surface area contributed by atoms with Gasteiger partial charge in [-0.15, -0.1) is 0 Å². The van der Waals surface area contributed by atoms with Crippen molar-refractivity contribution < 1.29 is 18.0 Å². The second kappa shape index (κ2) is 9.48. The SMILES string of the molecule is CN(CC(C)(C)C)[C@H]1C[C@H]2C(=O)NC3(CCN(Cc4ccc(S(C)(=O)=O)cc4)CC3)CC(=O)N2C1. The number of piperidine rings is 1. The highest BCUT2D eigenvalue weighted by Crippen LogP contribution is 2.34. The molecule has 1 N–H and O–H groups in total. The van der Waals surface area contributed by atoms with Crippen LogP contribution in [0.1, 0.15) is 52.0 Å². The highest BCUT2D eigenvalue weighted by atomic mass is 32.2. The molecule has 1 aromatic carbocycles. The van der Waals surface area contributed by atoms with Crippen molar-refractivity contribution in [3.63, 3.8) is 0 Å². The van der Waals surface area contributed by atoms with Gasteiger partial charge in [-0.1, -0.05) is 32.9 Å². The minimum atomic E-state index is -3.20. The van der Waals surface area contributed by atoms with E-state index < -0.39 is 15.4 Å². The van der Waals surface area contributed by atoms with E-state index in [1.165, 1.54) is 6.26 Å². The molecule has 0 aromatic heterocycles. The molecule has 2 atom stereocenters. The number of likely N-dealkylation sites (tertiary alicyclic amines) is 1. The molecule has 0 aliphatic carbocycles. The third-order valence-corrected chi connectivity index (χ3v) is 8.83. The number of sulfone groups is 1. The number of hydrogen-bond donors (Lipinski definition) is 1. The molecule has 35 heavy (non-hydrogen) atoms. The minimum absolute atomic E-state index is 0.00711.